The maximum absolute atomic E-state index is 12.8. The summed E-state index contributed by atoms with van der Waals surface area (Å²) in [7, 11) is 1.75. The van der Waals surface area contributed by atoms with Gasteiger partial charge in [-0.25, -0.2) is 4.39 Å². The highest BCUT2D eigenvalue weighted by molar-refractivity contribution is 8.00. The first kappa shape index (κ1) is 18.2. The number of methoxy groups -OCH3 is 1. The first-order valence-electron chi connectivity index (χ1n) is 8.03. The smallest absolute Gasteiger partial charge is 0.230 e. The van der Waals surface area contributed by atoms with Crippen LogP contribution < -0.4 is 5.32 Å². The lowest BCUT2D eigenvalue weighted by Crippen LogP contribution is -2.41. The molecule has 1 aromatic carbocycles. The predicted molar refractivity (Wildman–Crippen MR) is 91.2 cm³/mol. The molecule has 0 aromatic heterocycles. The Hall–Kier alpha value is -1.11. The number of amides is 1. The van der Waals surface area contributed by atoms with Gasteiger partial charge in [-0.15, -0.1) is 11.8 Å². The summed E-state index contributed by atoms with van der Waals surface area (Å²) in [6, 6.07) is 6.20. The van der Waals surface area contributed by atoms with Crippen LogP contribution in [0.5, 0.6) is 0 Å². The number of halogens is 1. The molecule has 0 radical (unpaired) electrons. The van der Waals surface area contributed by atoms with Gasteiger partial charge in [0.15, 0.2) is 0 Å². The molecule has 2 rings (SSSR count). The van der Waals surface area contributed by atoms with Crippen LogP contribution in [0, 0.1) is 11.7 Å². The van der Waals surface area contributed by atoms with Gasteiger partial charge in [0.05, 0.1) is 12.4 Å². The number of piperidine rings is 1. The molecule has 1 fully saturated rings. The topological polar surface area (TPSA) is 41.6 Å². The van der Waals surface area contributed by atoms with Crippen LogP contribution in [0.15, 0.2) is 29.2 Å². The fourth-order valence-electron chi connectivity index (χ4n) is 2.81. The van der Waals surface area contributed by atoms with Crippen LogP contribution in [-0.4, -0.2) is 56.5 Å². The lowest BCUT2D eigenvalue weighted by Gasteiger charge is -2.32. The highest BCUT2D eigenvalue weighted by atomic mass is 32.2. The molecule has 128 valence electrons. The van der Waals surface area contributed by atoms with Crippen LogP contribution in [-0.2, 0) is 9.53 Å². The molecule has 1 aliphatic rings. The second-order valence-corrected chi connectivity index (χ2v) is 6.91. The zero-order valence-electron chi connectivity index (χ0n) is 13.6. The van der Waals surface area contributed by atoms with Crippen molar-refractivity contribution in [2.45, 2.75) is 17.7 Å². The molecule has 1 heterocycles. The fourth-order valence-corrected chi connectivity index (χ4v) is 3.54. The number of ether oxygens (including phenoxy) is 1. The first-order valence-corrected chi connectivity index (χ1v) is 9.02. The minimum absolute atomic E-state index is 0.0183. The third-order valence-electron chi connectivity index (χ3n) is 3.94. The molecule has 0 bridgehead atoms. The lowest BCUT2D eigenvalue weighted by atomic mass is 9.99. The summed E-state index contributed by atoms with van der Waals surface area (Å²) in [5, 5.41) is 2.95. The van der Waals surface area contributed by atoms with E-state index in [4.69, 9.17) is 4.74 Å². The molecule has 0 aliphatic carbocycles. The first-order chi connectivity index (χ1) is 11.2. The molecule has 1 aliphatic heterocycles. The van der Waals surface area contributed by atoms with Gasteiger partial charge in [-0.3, -0.25) is 4.79 Å². The number of carbonyl (C=O) groups is 1. The van der Waals surface area contributed by atoms with Gasteiger partial charge in [-0.2, -0.15) is 0 Å². The number of thioether (sulfide) groups is 1. The van der Waals surface area contributed by atoms with Gasteiger partial charge in [-0.05, 0) is 49.6 Å². The van der Waals surface area contributed by atoms with Crippen molar-refractivity contribution in [2.24, 2.45) is 5.92 Å². The number of rotatable bonds is 8. The summed E-state index contributed by atoms with van der Waals surface area (Å²) in [5.74, 6) is 0.730. The zero-order chi connectivity index (χ0) is 16.5. The maximum Gasteiger partial charge on any atom is 0.230 e. The van der Waals surface area contributed by atoms with Crippen LogP contribution in [0.1, 0.15) is 12.8 Å². The van der Waals surface area contributed by atoms with E-state index in [1.807, 2.05) is 0 Å². The molecule has 1 N–H and O–H groups in total. The minimum atomic E-state index is -0.257. The molecule has 4 nitrogen and oxygen atoms in total. The van der Waals surface area contributed by atoms with Crippen LogP contribution in [0.3, 0.4) is 0 Å². The largest absolute Gasteiger partial charge is 0.384 e. The van der Waals surface area contributed by atoms with Crippen LogP contribution >= 0.6 is 11.8 Å². The number of hydrogen-bond donors (Lipinski definition) is 1. The standard InChI is InChI=1S/C17H25FN2O2S/c1-22-12-14-3-2-9-20(11-14)10-8-19-17(21)13-23-16-6-4-15(18)5-7-16/h4-7,14H,2-3,8-13H2,1H3,(H,19,21)/t14-/m1/s1. The van der Waals surface area contributed by atoms with E-state index < -0.39 is 0 Å². The monoisotopic (exact) mass is 340 g/mol. The van der Waals surface area contributed by atoms with Crippen molar-refractivity contribution >= 4 is 17.7 Å². The summed E-state index contributed by atoms with van der Waals surface area (Å²) in [6.45, 7) is 4.52. The van der Waals surface area contributed by atoms with Gasteiger partial charge in [-0.1, -0.05) is 0 Å². The number of nitrogens with zero attached hydrogens (tertiary/aromatic N) is 1. The van der Waals surface area contributed by atoms with E-state index in [1.54, 1.807) is 19.2 Å². The van der Waals surface area contributed by atoms with Gasteiger partial charge >= 0.3 is 0 Å². The second kappa shape index (κ2) is 9.90. The van der Waals surface area contributed by atoms with E-state index in [-0.39, 0.29) is 11.7 Å². The van der Waals surface area contributed by atoms with Crippen molar-refractivity contribution < 1.29 is 13.9 Å². The number of nitrogens with one attached hydrogen (secondary N) is 1. The number of benzene rings is 1. The molecule has 0 spiro atoms. The number of hydrogen-bond acceptors (Lipinski definition) is 4. The van der Waals surface area contributed by atoms with Crippen LogP contribution in [0.4, 0.5) is 4.39 Å². The van der Waals surface area contributed by atoms with E-state index in [1.165, 1.54) is 36.7 Å². The Balaban J connectivity index is 1.60. The molecular formula is C17H25FN2O2S. The fraction of sp³-hybridized carbons (Fsp3) is 0.588. The van der Waals surface area contributed by atoms with E-state index in [0.717, 1.165) is 31.1 Å². The van der Waals surface area contributed by atoms with Gasteiger partial charge in [0.2, 0.25) is 5.91 Å². The molecule has 6 heteroatoms. The average molecular weight is 340 g/mol. The molecule has 1 aromatic rings. The Bertz CT molecular complexity index is 482. The van der Waals surface area contributed by atoms with Gasteiger partial charge in [0, 0.05) is 31.6 Å². The zero-order valence-corrected chi connectivity index (χ0v) is 14.4. The lowest BCUT2D eigenvalue weighted by molar-refractivity contribution is -0.118. The summed E-state index contributed by atoms with van der Waals surface area (Å²) in [6.07, 6.45) is 2.42. The summed E-state index contributed by atoms with van der Waals surface area (Å²) >= 11 is 1.42. The van der Waals surface area contributed by atoms with E-state index >= 15 is 0 Å². The van der Waals surface area contributed by atoms with Gasteiger partial charge < -0.3 is 15.0 Å². The third kappa shape index (κ3) is 6.89. The quantitative estimate of drug-likeness (QED) is 0.738. The Kier molecular flexibility index (Phi) is 7.85. The summed E-state index contributed by atoms with van der Waals surface area (Å²) in [4.78, 5) is 15.1. The van der Waals surface area contributed by atoms with E-state index in [0.29, 0.717) is 18.2 Å². The molecule has 1 saturated heterocycles. The predicted octanol–water partition coefficient (Wildman–Crippen LogP) is 2.39. The normalized spacial score (nSPS) is 18.8. The van der Waals surface area contributed by atoms with Crippen molar-refractivity contribution in [3.8, 4) is 0 Å². The third-order valence-corrected chi connectivity index (χ3v) is 4.95. The highest BCUT2D eigenvalue weighted by Gasteiger charge is 2.19. The average Bonchev–Trinajstić information content (AvgIpc) is 2.55. The molecule has 1 atom stereocenters. The number of likely N-dealkylation sites (tertiary alicyclic amines) is 1. The molecular weight excluding hydrogens is 315 g/mol. The summed E-state index contributed by atoms with van der Waals surface area (Å²) in [5.41, 5.74) is 0. The number of carbonyl (C=O) groups excluding carboxylic acids is 1. The molecule has 0 saturated carbocycles. The van der Waals surface area contributed by atoms with Gasteiger partial charge in [0.25, 0.3) is 0 Å². The summed E-state index contributed by atoms with van der Waals surface area (Å²) < 4.78 is 18.0. The highest BCUT2D eigenvalue weighted by Crippen LogP contribution is 2.18. The van der Waals surface area contributed by atoms with Crippen molar-refractivity contribution in [1.29, 1.82) is 0 Å². The molecule has 0 unspecified atom stereocenters. The van der Waals surface area contributed by atoms with Crippen molar-refractivity contribution in [3.63, 3.8) is 0 Å². The van der Waals surface area contributed by atoms with E-state index in [9.17, 15) is 9.18 Å². The maximum atomic E-state index is 12.8. The van der Waals surface area contributed by atoms with E-state index in [2.05, 4.69) is 10.2 Å². The van der Waals surface area contributed by atoms with Crippen molar-refractivity contribution in [2.75, 3.05) is 45.6 Å². The Morgan fingerprint density at radius 1 is 1.43 bits per heavy atom. The Morgan fingerprint density at radius 3 is 2.96 bits per heavy atom. The Morgan fingerprint density at radius 2 is 2.22 bits per heavy atom. The van der Waals surface area contributed by atoms with Crippen LogP contribution in [0.2, 0.25) is 0 Å². The minimum Gasteiger partial charge on any atom is -0.384 e. The SMILES string of the molecule is COC[C@@H]1CCCN(CCNC(=O)CSc2ccc(F)cc2)C1. The van der Waals surface area contributed by atoms with Crippen molar-refractivity contribution in [3.05, 3.63) is 30.1 Å². The molecule has 1 amide bonds. The Labute approximate surface area is 141 Å². The van der Waals surface area contributed by atoms with Crippen LogP contribution in [0.25, 0.3) is 0 Å². The van der Waals surface area contributed by atoms with Gasteiger partial charge in [0.1, 0.15) is 5.82 Å². The second-order valence-electron chi connectivity index (χ2n) is 5.86. The van der Waals surface area contributed by atoms with Crippen molar-refractivity contribution in [1.82, 2.24) is 10.2 Å². The molecule has 23 heavy (non-hydrogen) atoms.